The van der Waals surface area contributed by atoms with Gasteiger partial charge in [-0.15, -0.1) is 0 Å². The first-order valence-electron chi connectivity index (χ1n) is 10.3. The molecule has 7 heteroatoms. The van der Waals surface area contributed by atoms with Crippen LogP contribution in [-0.4, -0.2) is 49.1 Å². The summed E-state index contributed by atoms with van der Waals surface area (Å²) in [6.45, 7) is 3.76. The van der Waals surface area contributed by atoms with Crippen LogP contribution in [0.2, 0.25) is 0 Å². The summed E-state index contributed by atoms with van der Waals surface area (Å²) in [4.78, 5) is 19.1. The Bertz CT molecular complexity index is 823. The minimum Gasteiger partial charge on any atom is -0.357 e. The van der Waals surface area contributed by atoms with Crippen LogP contribution in [0.5, 0.6) is 0 Å². The molecule has 0 spiro atoms. The molecule has 0 saturated heterocycles. The van der Waals surface area contributed by atoms with Gasteiger partial charge in [0, 0.05) is 38.8 Å². The highest BCUT2D eigenvalue weighted by Gasteiger charge is 2.42. The molecule has 1 saturated carbocycles. The van der Waals surface area contributed by atoms with E-state index < -0.39 is 0 Å². The minimum absolute atomic E-state index is 0.197. The second kappa shape index (κ2) is 9.58. The predicted molar refractivity (Wildman–Crippen MR) is 114 cm³/mol. The minimum atomic E-state index is -0.339. The van der Waals surface area contributed by atoms with Crippen LogP contribution in [0.4, 0.5) is 0 Å². The number of nitrogens with zero attached hydrogens (tertiary/aromatic N) is 3. The molecule has 1 aliphatic carbocycles. The topological polar surface area (TPSA) is 82.8 Å². The lowest BCUT2D eigenvalue weighted by Crippen LogP contribution is -2.49. The van der Waals surface area contributed by atoms with Gasteiger partial charge in [-0.3, -0.25) is 4.79 Å². The third-order valence-corrected chi connectivity index (χ3v) is 5.38. The van der Waals surface area contributed by atoms with E-state index in [4.69, 9.17) is 4.52 Å². The van der Waals surface area contributed by atoms with Crippen LogP contribution in [0.3, 0.4) is 0 Å². The van der Waals surface area contributed by atoms with Gasteiger partial charge in [0.2, 0.25) is 5.91 Å². The molecule has 1 amide bonds. The molecule has 1 aliphatic rings. The van der Waals surface area contributed by atoms with Gasteiger partial charge in [-0.2, -0.15) is 0 Å². The SMILES string of the molecule is CCNC(=NCc1cc(-c2ccccc2)on1)NCC1(C(=O)N(C)C)CCCC1. The van der Waals surface area contributed by atoms with E-state index in [9.17, 15) is 4.79 Å². The van der Waals surface area contributed by atoms with Gasteiger partial charge >= 0.3 is 0 Å². The Morgan fingerprint density at radius 2 is 1.93 bits per heavy atom. The van der Waals surface area contributed by atoms with Crippen LogP contribution >= 0.6 is 0 Å². The zero-order valence-electron chi connectivity index (χ0n) is 17.6. The van der Waals surface area contributed by atoms with Crippen molar-refractivity contribution in [2.24, 2.45) is 10.4 Å². The highest BCUT2D eigenvalue weighted by molar-refractivity contribution is 5.85. The van der Waals surface area contributed by atoms with Gasteiger partial charge in [0.15, 0.2) is 11.7 Å². The summed E-state index contributed by atoms with van der Waals surface area (Å²) in [5, 5.41) is 10.8. The number of rotatable bonds is 7. The smallest absolute Gasteiger partial charge is 0.230 e. The summed E-state index contributed by atoms with van der Waals surface area (Å²) in [5.74, 6) is 1.62. The van der Waals surface area contributed by atoms with Crippen LogP contribution in [0.25, 0.3) is 11.3 Å². The monoisotopic (exact) mass is 397 g/mol. The second-order valence-corrected chi connectivity index (χ2v) is 7.78. The third kappa shape index (κ3) is 5.16. The van der Waals surface area contributed by atoms with Gasteiger partial charge in [-0.25, -0.2) is 4.99 Å². The molecule has 156 valence electrons. The van der Waals surface area contributed by atoms with E-state index in [0.29, 0.717) is 19.0 Å². The Morgan fingerprint density at radius 1 is 1.21 bits per heavy atom. The Hall–Kier alpha value is -2.83. The Balaban J connectivity index is 1.66. The molecule has 0 aliphatic heterocycles. The summed E-state index contributed by atoms with van der Waals surface area (Å²) in [5.41, 5.74) is 1.42. The van der Waals surface area contributed by atoms with Crippen molar-refractivity contribution >= 4 is 11.9 Å². The summed E-state index contributed by atoms with van der Waals surface area (Å²) in [7, 11) is 3.66. The summed E-state index contributed by atoms with van der Waals surface area (Å²) in [6.07, 6.45) is 4.02. The molecule has 0 radical (unpaired) electrons. The van der Waals surface area contributed by atoms with Crippen molar-refractivity contribution in [3.8, 4) is 11.3 Å². The number of aromatic nitrogens is 1. The molecule has 29 heavy (non-hydrogen) atoms. The third-order valence-electron chi connectivity index (χ3n) is 5.38. The lowest BCUT2D eigenvalue weighted by atomic mass is 9.84. The first kappa shape index (κ1) is 20.9. The standard InChI is InChI=1S/C22H31N5O2/c1-4-23-21(25-16-22(12-8-9-13-22)20(28)27(2)3)24-15-18-14-19(29-26-18)17-10-6-5-7-11-17/h5-7,10-11,14H,4,8-9,12-13,15-16H2,1-3H3,(H2,23,24,25). The number of amides is 1. The number of nitrogens with one attached hydrogen (secondary N) is 2. The van der Waals surface area contributed by atoms with E-state index in [1.54, 1.807) is 4.90 Å². The quantitative estimate of drug-likeness (QED) is 0.554. The second-order valence-electron chi connectivity index (χ2n) is 7.78. The van der Waals surface area contributed by atoms with E-state index in [1.165, 1.54) is 0 Å². The lowest BCUT2D eigenvalue weighted by Gasteiger charge is -2.31. The maximum Gasteiger partial charge on any atom is 0.230 e. The van der Waals surface area contributed by atoms with Crippen LogP contribution < -0.4 is 10.6 Å². The number of guanidine groups is 1. The normalized spacial score (nSPS) is 15.9. The molecule has 0 atom stereocenters. The number of hydrogen-bond acceptors (Lipinski definition) is 4. The zero-order chi connectivity index (χ0) is 20.7. The fraction of sp³-hybridized carbons (Fsp3) is 0.500. The van der Waals surface area contributed by atoms with Gasteiger partial charge in [0.1, 0.15) is 5.69 Å². The van der Waals surface area contributed by atoms with E-state index in [2.05, 4.69) is 20.8 Å². The lowest BCUT2D eigenvalue weighted by molar-refractivity contribution is -0.138. The maximum absolute atomic E-state index is 12.8. The van der Waals surface area contributed by atoms with Crippen LogP contribution in [0.15, 0.2) is 45.9 Å². The number of carbonyl (C=O) groups is 1. The number of aliphatic imine (C=N–C) groups is 1. The molecule has 0 bridgehead atoms. The molecule has 3 rings (SSSR count). The largest absolute Gasteiger partial charge is 0.357 e. The maximum atomic E-state index is 12.8. The highest BCUT2D eigenvalue weighted by Crippen LogP contribution is 2.38. The van der Waals surface area contributed by atoms with Crippen LogP contribution in [0, 0.1) is 5.41 Å². The highest BCUT2D eigenvalue weighted by atomic mass is 16.5. The molecule has 0 unspecified atom stereocenters. The van der Waals surface area contributed by atoms with E-state index in [0.717, 1.165) is 49.2 Å². The molecule has 7 nitrogen and oxygen atoms in total. The first-order valence-corrected chi connectivity index (χ1v) is 10.3. The summed E-state index contributed by atoms with van der Waals surface area (Å²) < 4.78 is 5.45. The van der Waals surface area contributed by atoms with Gasteiger partial charge in [-0.05, 0) is 19.8 Å². The van der Waals surface area contributed by atoms with Gasteiger partial charge in [0.25, 0.3) is 0 Å². The molecule has 1 aromatic heterocycles. The number of hydrogen-bond donors (Lipinski definition) is 2. The van der Waals surface area contributed by atoms with Gasteiger partial charge < -0.3 is 20.1 Å². The average molecular weight is 398 g/mol. The summed E-state index contributed by atoms with van der Waals surface area (Å²) in [6, 6.07) is 11.8. The van der Waals surface area contributed by atoms with Crippen molar-refractivity contribution in [2.45, 2.75) is 39.2 Å². The summed E-state index contributed by atoms with van der Waals surface area (Å²) >= 11 is 0. The Morgan fingerprint density at radius 3 is 2.59 bits per heavy atom. The Labute approximate surface area is 172 Å². The molecular weight excluding hydrogens is 366 g/mol. The average Bonchev–Trinajstić information content (AvgIpc) is 3.40. The van der Waals surface area contributed by atoms with Gasteiger partial charge in [0.05, 0.1) is 12.0 Å². The van der Waals surface area contributed by atoms with Crippen molar-refractivity contribution < 1.29 is 9.32 Å². The molecule has 1 aromatic carbocycles. The van der Waals surface area contributed by atoms with Crippen molar-refractivity contribution in [2.75, 3.05) is 27.2 Å². The van der Waals surface area contributed by atoms with Crippen LogP contribution in [0.1, 0.15) is 38.3 Å². The van der Waals surface area contributed by atoms with Crippen molar-refractivity contribution in [1.82, 2.24) is 20.7 Å². The number of benzene rings is 1. The zero-order valence-corrected chi connectivity index (χ0v) is 17.6. The molecule has 1 fully saturated rings. The van der Waals surface area contributed by atoms with Gasteiger partial charge in [-0.1, -0.05) is 48.3 Å². The molecule has 1 heterocycles. The molecular formula is C22H31N5O2. The number of carbonyl (C=O) groups excluding carboxylic acids is 1. The van der Waals surface area contributed by atoms with Crippen molar-refractivity contribution in [1.29, 1.82) is 0 Å². The predicted octanol–water partition coefficient (Wildman–Crippen LogP) is 3.05. The fourth-order valence-corrected chi connectivity index (χ4v) is 3.87. The van der Waals surface area contributed by atoms with E-state index in [-0.39, 0.29) is 11.3 Å². The van der Waals surface area contributed by atoms with Crippen LogP contribution in [-0.2, 0) is 11.3 Å². The fourth-order valence-electron chi connectivity index (χ4n) is 3.87. The van der Waals surface area contributed by atoms with E-state index >= 15 is 0 Å². The van der Waals surface area contributed by atoms with E-state index in [1.807, 2.05) is 57.4 Å². The Kier molecular flexibility index (Phi) is 6.90. The first-order chi connectivity index (χ1) is 14.0. The molecule has 2 aromatic rings. The van der Waals surface area contributed by atoms with Crippen molar-refractivity contribution in [3.05, 3.63) is 42.1 Å². The van der Waals surface area contributed by atoms with Crippen molar-refractivity contribution in [3.63, 3.8) is 0 Å². The molecule has 2 N–H and O–H groups in total.